The Morgan fingerprint density at radius 1 is 0.900 bits per heavy atom. The van der Waals surface area contributed by atoms with Gasteiger partial charge in [0.05, 0.1) is 6.04 Å². The van der Waals surface area contributed by atoms with Crippen LogP contribution in [0.4, 0.5) is 0 Å². The lowest BCUT2D eigenvalue weighted by atomic mass is 9.78. The lowest BCUT2D eigenvalue weighted by Crippen LogP contribution is -2.38. The summed E-state index contributed by atoms with van der Waals surface area (Å²) < 4.78 is 0. The van der Waals surface area contributed by atoms with Gasteiger partial charge in [0.25, 0.3) is 0 Å². The van der Waals surface area contributed by atoms with Gasteiger partial charge in [0.2, 0.25) is 0 Å². The minimum absolute atomic E-state index is 0.0176. The van der Waals surface area contributed by atoms with E-state index in [4.69, 9.17) is 5.73 Å². The molecule has 2 heteroatoms. The molecule has 2 N–H and O–H groups in total. The van der Waals surface area contributed by atoms with E-state index in [-0.39, 0.29) is 11.7 Å². The van der Waals surface area contributed by atoms with Crippen molar-refractivity contribution in [3.63, 3.8) is 0 Å². The average Bonchev–Trinajstić information content (AvgIpc) is 2.51. The highest BCUT2D eigenvalue weighted by molar-refractivity contribution is 6.02. The fourth-order valence-electron chi connectivity index (χ4n) is 2.77. The SMILES string of the molecule is NC1C(=O)C=C(c2ccccc2)CC1c1ccccc1. The number of carbonyl (C=O) groups excluding carboxylic acids is 1. The molecule has 3 rings (SSSR count). The van der Waals surface area contributed by atoms with E-state index < -0.39 is 6.04 Å². The van der Waals surface area contributed by atoms with Crippen molar-refractivity contribution < 1.29 is 4.79 Å². The number of ketones is 1. The third-order valence-electron chi connectivity index (χ3n) is 3.89. The number of benzene rings is 2. The predicted octanol–water partition coefficient (Wildman–Crippen LogP) is 3.15. The van der Waals surface area contributed by atoms with Crippen molar-refractivity contribution in [2.75, 3.05) is 0 Å². The molecule has 0 saturated heterocycles. The molecule has 0 bridgehead atoms. The van der Waals surface area contributed by atoms with Crippen LogP contribution in [0.25, 0.3) is 5.57 Å². The van der Waals surface area contributed by atoms with Crippen LogP contribution in [0, 0.1) is 0 Å². The Morgan fingerprint density at radius 3 is 2.15 bits per heavy atom. The van der Waals surface area contributed by atoms with Crippen molar-refractivity contribution in [3.8, 4) is 0 Å². The number of rotatable bonds is 2. The molecule has 0 heterocycles. The molecule has 2 aromatic rings. The van der Waals surface area contributed by atoms with Gasteiger partial charge in [-0.15, -0.1) is 0 Å². The Balaban J connectivity index is 1.96. The minimum atomic E-state index is -0.440. The fourth-order valence-corrected chi connectivity index (χ4v) is 2.77. The first-order valence-corrected chi connectivity index (χ1v) is 6.86. The standard InChI is InChI=1S/C18H17NO/c19-18-16(14-9-5-2-6-10-14)11-15(12-17(18)20)13-7-3-1-4-8-13/h1-10,12,16,18H,11,19H2. The molecular formula is C18H17NO. The van der Waals surface area contributed by atoms with E-state index >= 15 is 0 Å². The normalized spacial score (nSPS) is 22.4. The topological polar surface area (TPSA) is 43.1 Å². The van der Waals surface area contributed by atoms with E-state index in [1.807, 2.05) is 60.7 Å². The van der Waals surface area contributed by atoms with E-state index in [0.29, 0.717) is 0 Å². The molecule has 0 spiro atoms. The van der Waals surface area contributed by atoms with Gasteiger partial charge in [-0.3, -0.25) is 4.79 Å². The summed E-state index contributed by atoms with van der Waals surface area (Å²) in [6.45, 7) is 0. The highest BCUT2D eigenvalue weighted by atomic mass is 16.1. The lowest BCUT2D eigenvalue weighted by Gasteiger charge is -2.28. The first-order valence-electron chi connectivity index (χ1n) is 6.86. The summed E-state index contributed by atoms with van der Waals surface area (Å²) in [6, 6.07) is 19.7. The largest absolute Gasteiger partial charge is 0.321 e. The Kier molecular flexibility index (Phi) is 3.48. The van der Waals surface area contributed by atoms with Crippen molar-refractivity contribution in [2.45, 2.75) is 18.4 Å². The Hall–Kier alpha value is -2.19. The quantitative estimate of drug-likeness (QED) is 0.904. The molecule has 2 atom stereocenters. The average molecular weight is 263 g/mol. The highest BCUT2D eigenvalue weighted by Crippen LogP contribution is 2.35. The van der Waals surface area contributed by atoms with E-state index in [9.17, 15) is 4.79 Å². The van der Waals surface area contributed by atoms with Crippen molar-refractivity contribution in [3.05, 3.63) is 77.9 Å². The zero-order chi connectivity index (χ0) is 13.9. The van der Waals surface area contributed by atoms with Crippen molar-refractivity contribution in [1.29, 1.82) is 0 Å². The van der Waals surface area contributed by atoms with E-state index in [0.717, 1.165) is 23.1 Å². The highest BCUT2D eigenvalue weighted by Gasteiger charge is 2.30. The number of hydrogen-bond donors (Lipinski definition) is 1. The van der Waals surface area contributed by atoms with Gasteiger partial charge in [-0.25, -0.2) is 0 Å². The summed E-state index contributed by atoms with van der Waals surface area (Å²) in [7, 11) is 0. The molecule has 100 valence electrons. The van der Waals surface area contributed by atoms with Crippen molar-refractivity contribution in [1.82, 2.24) is 0 Å². The molecule has 2 unspecified atom stereocenters. The van der Waals surface area contributed by atoms with Gasteiger partial charge in [-0.2, -0.15) is 0 Å². The maximum absolute atomic E-state index is 12.2. The Bertz CT molecular complexity index is 631. The number of hydrogen-bond acceptors (Lipinski definition) is 2. The zero-order valence-corrected chi connectivity index (χ0v) is 11.2. The molecule has 0 amide bonds. The monoisotopic (exact) mass is 263 g/mol. The summed E-state index contributed by atoms with van der Waals surface area (Å²) in [5.41, 5.74) is 9.42. The van der Waals surface area contributed by atoms with Crippen LogP contribution in [0.2, 0.25) is 0 Å². The molecule has 2 nitrogen and oxygen atoms in total. The third-order valence-corrected chi connectivity index (χ3v) is 3.89. The Labute approximate surface area is 118 Å². The van der Waals surface area contributed by atoms with Gasteiger partial charge in [0.1, 0.15) is 0 Å². The van der Waals surface area contributed by atoms with Crippen LogP contribution < -0.4 is 5.73 Å². The molecule has 0 saturated carbocycles. The van der Waals surface area contributed by atoms with Crippen LogP contribution in [0.3, 0.4) is 0 Å². The smallest absolute Gasteiger partial charge is 0.173 e. The van der Waals surface area contributed by atoms with Gasteiger partial charge in [0.15, 0.2) is 5.78 Å². The van der Waals surface area contributed by atoms with E-state index in [2.05, 4.69) is 0 Å². The molecule has 20 heavy (non-hydrogen) atoms. The predicted molar refractivity (Wildman–Crippen MR) is 81.2 cm³/mol. The maximum atomic E-state index is 12.2. The molecule has 0 fully saturated rings. The van der Waals surface area contributed by atoms with Crippen molar-refractivity contribution >= 4 is 11.4 Å². The number of carbonyl (C=O) groups is 1. The molecule has 1 aliphatic carbocycles. The molecule has 0 aromatic heterocycles. The van der Waals surface area contributed by atoms with Gasteiger partial charge in [-0.1, -0.05) is 60.7 Å². The molecule has 0 radical (unpaired) electrons. The number of nitrogens with two attached hydrogens (primary N) is 1. The summed E-state index contributed by atoms with van der Waals surface area (Å²) >= 11 is 0. The summed E-state index contributed by atoms with van der Waals surface area (Å²) in [5.74, 6) is 0.0767. The molecule has 2 aromatic carbocycles. The van der Waals surface area contributed by atoms with Gasteiger partial charge in [-0.05, 0) is 29.2 Å². The maximum Gasteiger partial charge on any atom is 0.173 e. The van der Waals surface area contributed by atoms with Crippen LogP contribution in [0.5, 0.6) is 0 Å². The van der Waals surface area contributed by atoms with E-state index in [1.54, 1.807) is 6.08 Å². The summed E-state index contributed by atoms with van der Waals surface area (Å²) in [4.78, 5) is 12.2. The van der Waals surface area contributed by atoms with Crippen molar-refractivity contribution in [2.24, 2.45) is 5.73 Å². The molecule has 1 aliphatic rings. The van der Waals surface area contributed by atoms with Gasteiger partial charge in [0, 0.05) is 5.92 Å². The fraction of sp³-hybridized carbons (Fsp3) is 0.167. The minimum Gasteiger partial charge on any atom is -0.321 e. The third kappa shape index (κ3) is 2.43. The van der Waals surface area contributed by atoms with Crippen LogP contribution in [0.1, 0.15) is 23.5 Å². The Morgan fingerprint density at radius 2 is 1.50 bits per heavy atom. The first-order chi connectivity index (χ1) is 9.75. The zero-order valence-electron chi connectivity index (χ0n) is 11.2. The van der Waals surface area contributed by atoms with Crippen LogP contribution in [-0.4, -0.2) is 11.8 Å². The second-order valence-electron chi connectivity index (χ2n) is 5.19. The number of allylic oxidation sites excluding steroid dienone is 1. The van der Waals surface area contributed by atoms with Crippen LogP contribution in [0.15, 0.2) is 66.7 Å². The second kappa shape index (κ2) is 5.43. The van der Waals surface area contributed by atoms with Crippen LogP contribution >= 0.6 is 0 Å². The van der Waals surface area contributed by atoms with Gasteiger partial charge < -0.3 is 5.73 Å². The summed E-state index contributed by atoms with van der Waals surface area (Å²) in [5, 5.41) is 0. The lowest BCUT2D eigenvalue weighted by molar-refractivity contribution is -0.116. The first kappa shape index (κ1) is 12.8. The van der Waals surface area contributed by atoms with E-state index in [1.165, 1.54) is 0 Å². The molecular weight excluding hydrogens is 246 g/mol. The van der Waals surface area contributed by atoms with Gasteiger partial charge >= 0.3 is 0 Å². The van der Waals surface area contributed by atoms with Crippen LogP contribution in [-0.2, 0) is 4.79 Å². The molecule has 0 aliphatic heterocycles. The second-order valence-corrected chi connectivity index (χ2v) is 5.19. The summed E-state index contributed by atoms with van der Waals surface area (Å²) in [6.07, 6.45) is 2.51.